The Hall–Kier alpha value is -0.160. The lowest BCUT2D eigenvalue weighted by atomic mass is 9.53. The monoisotopic (exact) mass is 294 g/mol. The topological polar surface area (TPSA) is 36.9 Å². The average molecular weight is 294 g/mol. The van der Waals surface area contributed by atoms with E-state index in [1.165, 1.54) is 32.1 Å². The van der Waals surface area contributed by atoms with E-state index in [2.05, 4.69) is 0 Å². The van der Waals surface area contributed by atoms with Crippen LogP contribution in [0.5, 0.6) is 0 Å². The summed E-state index contributed by atoms with van der Waals surface area (Å²) in [6.07, 6.45) is 10.8. The van der Waals surface area contributed by atoms with Crippen molar-refractivity contribution in [2.75, 3.05) is 7.11 Å². The normalized spacial score (nSPS) is 58.4. The van der Waals surface area contributed by atoms with Gasteiger partial charge in [-0.3, -0.25) is 0 Å². The summed E-state index contributed by atoms with van der Waals surface area (Å²) in [4.78, 5) is 11.9. The van der Waals surface area contributed by atoms with E-state index in [4.69, 9.17) is 19.2 Å². The van der Waals surface area contributed by atoms with E-state index in [9.17, 15) is 0 Å². The summed E-state index contributed by atoms with van der Waals surface area (Å²) in [6.45, 7) is 0. The van der Waals surface area contributed by atoms with Crippen LogP contribution in [0, 0.1) is 23.7 Å². The first kappa shape index (κ1) is 13.3. The first-order valence-corrected chi connectivity index (χ1v) is 8.81. The molecule has 4 heteroatoms. The smallest absolute Gasteiger partial charge is 0.210 e. The second-order valence-corrected chi connectivity index (χ2v) is 8.14. The van der Waals surface area contributed by atoms with Crippen LogP contribution in [0.2, 0.25) is 0 Å². The molecule has 21 heavy (non-hydrogen) atoms. The molecule has 2 spiro atoms. The Bertz CT molecular complexity index is 399. The van der Waals surface area contributed by atoms with Crippen LogP contribution in [0.1, 0.15) is 57.8 Å². The predicted octanol–water partition coefficient (Wildman–Crippen LogP) is 3.40. The Morgan fingerprint density at radius 3 is 2.05 bits per heavy atom. The highest BCUT2D eigenvalue weighted by Crippen LogP contribution is 2.63. The maximum atomic E-state index is 6.65. The first-order chi connectivity index (χ1) is 10.2. The zero-order valence-electron chi connectivity index (χ0n) is 12.9. The summed E-state index contributed by atoms with van der Waals surface area (Å²) in [5.74, 6) is 2.08. The maximum Gasteiger partial charge on any atom is 0.210 e. The fourth-order valence-corrected chi connectivity index (χ4v) is 6.06. The van der Waals surface area contributed by atoms with Gasteiger partial charge >= 0.3 is 0 Å². The van der Waals surface area contributed by atoms with Gasteiger partial charge in [-0.15, -0.1) is 0 Å². The highest BCUT2D eigenvalue weighted by Gasteiger charge is 2.66. The Morgan fingerprint density at radius 1 is 0.857 bits per heavy atom. The van der Waals surface area contributed by atoms with E-state index < -0.39 is 11.6 Å². The second-order valence-electron chi connectivity index (χ2n) is 8.14. The van der Waals surface area contributed by atoms with Crippen LogP contribution in [0.4, 0.5) is 0 Å². The van der Waals surface area contributed by atoms with Crippen LogP contribution in [0.3, 0.4) is 0 Å². The number of rotatable bonds is 1. The lowest BCUT2D eigenvalue weighted by Gasteiger charge is -2.57. The van der Waals surface area contributed by atoms with Gasteiger partial charge in [0.15, 0.2) is 0 Å². The molecule has 1 saturated heterocycles. The number of hydrogen-bond acceptors (Lipinski definition) is 4. The summed E-state index contributed by atoms with van der Waals surface area (Å²) in [7, 11) is 1.80. The fourth-order valence-electron chi connectivity index (χ4n) is 6.06. The van der Waals surface area contributed by atoms with E-state index in [1.54, 1.807) is 7.11 Å². The van der Waals surface area contributed by atoms with Crippen LogP contribution in [0.15, 0.2) is 0 Å². The molecule has 6 aliphatic rings. The van der Waals surface area contributed by atoms with Crippen LogP contribution in [-0.4, -0.2) is 24.8 Å². The molecule has 0 N–H and O–H groups in total. The van der Waals surface area contributed by atoms with E-state index >= 15 is 0 Å². The van der Waals surface area contributed by atoms with Gasteiger partial charge in [0.2, 0.25) is 11.6 Å². The van der Waals surface area contributed by atoms with Crippen LogP contribution >= 0.6 is 0 Å². The molecule has 6 rings (SSSR count). The van der Waals surface area contributed by atoms with Gasteiger partial charge in [-0.1, -0.05) is 0 Å². The van der Waals surface area contributed by atoms with Crippen LogP contribution in [-0.2, 0) is 19.2 Å². The number of hydrogen-bond donors (Lipinski definition) is 0. The Balaban J connectivity index is 1.38. The van der Waals surface area contributed by atoms with Crippen molar-refractivity contribution in [1.29, 1.82) is 0 Å². The van der Waals surface area contributed by atoms with E-state index in [0.29, 0.717) is 17.9 Å². The molecule has 0 atom stereocenters. The fraction of sp³-hybridized carbons (Fsp3) is 1.00. The van der Waals surface area contributed by atoms with E-state index in [-0.39, 0.29) is 0 Å². The zero-order valence-corrected chi connectivity index (χ0v) is 12.9. The Labute approximate surface area is 126 Å². The van der Waals surface area contributed by atoms with Crippen molar-refractivity contribution in [1.82, 2.24) is 0 Å². The van der Waals surface area contributed by atoms with Gasteiger partial charge < -0.3 is 9.47 Å². The van der Waals surface area contributed by atoms with Crippen molar-refractivity contribution in [3.8, 4) is 0 Å². The predicted molar refractivity (Wildman–Crippen MR) is 75.0 cm³/mol. The summed E-state index contributed by atoms with van der Waals surface area (Å²) in [5.41, 5.74) is 0. The van der Waals surface area contributed by atoms with Crippen molar-refractivity contribution in [3.63, 3.8) is 0 Å². The molecule has 5 saturated carbocycles. The molecular weight excluding hydrogens is 268 g/mol. The van der Waals surface area contributed by atoms with Gasteiger partial charge in [0.05, 0.1) is 6.10 Å². The largest absolute Gasteiger partial charge is 0.381 e. The van der Waals surface area contributed by atoms with Gasteiger partial charge in [-0.05, 0) is 56.8 Å². The Kier molecular flexibility index (Phi) is 2.81. The van der Waals surface area contributed by atoms with Crippen molar-refractivity contribution in [3.05, 3.63) is 0 Å². The minimum atomic E-state index is -0.482. The van der Waals surface area contributed by atoms with Crippen molar-refractivity contribution >= 4 is 0 Å². The third-order valence-electron chi connectivity index (χ3n) is 6.97. The van der Waals surface area contributed by atoms with Crippen molar-refractivity contribution in [2.45, 2.75) is 75.5 Å². The highest BCUT2D eigenvalue weighted by molar-refractivity contribution is 5.05. The van der Waals surface area contributed by atoms with Gasteiger partial charge in [0.25, 0.3) is 0 Å². The molecule has 4 nitrogen and oxygen atoms in total. The minimum absolute atomic E-state index is 0.359. The molecule has 5 aliphatic carbocycles. The van der Waals surface area contributed by atoms with Gasteiger partial charge in [0.1, 0.15) is 0 Å². The zero-order chi connectivity index (χ0) is 14.1. The van der Waals surface area contributed by atoms with Gasteiger partial charge in [-0.2, -0.15) is 9.78 Å². The molecule has 0 unspecified atom stereocenters. The molecule has 118 valence electrons. The quantitative estimate of drug-likeness (QED) is 0.695. The molecule has 0 aromatic rings. The molecule has 0 amide bonds. The molecule has 4 bridgehead atoms. The second kappa shape index (κ2) is 4.44. The SMILES string of the molecule is COC1CCC2(CC1)OOC1(O2)C2CC3CC(C2)CC1C3. The summed E-state index contributed by atoms with van der Waals surface area (Å²) >= 11 is 0. The maximum absolute atomic E-state index is 6.65. The van der Waals surface area contributed by atoms with Crippen molar-refractivity contribution < 1.29 is 19.2 Å². The molecule has 1 heterocycles. The lowest BCUT2D eigenvalue weighted by molar-refractivity contribution is -0.390. The molecule has 0 radical (unpaired) electrons. The third-order valence-corrected chi connectivity index (χ3v) is 6.97. The van der Waals surface area contributed by atoms with Gasteiger partial charge in [-0.25, -0.2) is 0 Å². The highest BCUT2D eigenvalue weighted by atomic mass is 17.3. The minimum Gasteiger partial charge on any atom is -0.381 e. The molecule has 1 aliphatic heterocycles. The number of methoxy groups -OCH3 is 1. The summed E-state index contributed by atoms with van der Waals surface area (Å²) < 4.78 is 12.1. The first-order valence-electron chi connectivity index (χ1n) is 8.81. The van der Waals surface area contributed by atoms with E-state index in [1.807, 2.05) is 0 Å². The molecule has 0 aromatic carbocycles. The van der Waals surface area contributed by atoms with E-state index in [0.717, 1.165) is 37.5 Å². The summed E-state index contributed by atoms with van der Waals surface area (Å²) in [5, 5.41) is 0. The average Bonchev–Trinajstić information content (AvgIpc) is 2.86. The molecule has 6 fully saturated rings. The lowest BCUT2D eigenvalue weighted by Crippen LogP contribution is -2.59. The molecule has 0 aromatic heterocycles. The number of ether oxygens (including phenoxy) is 2. The van der Waals surface area contributed by atoms with Gasteiger partial charge in [0, 0.05) is 31.8 Å². The standard InChI is InChI=1S/C17H26O4/c1-18-15-2-4-16(5-3-15)19-17(21-20-16)13-7-11-6-12(9-13)10-14(17)8-11/h11-15H,2-10H2,1H3. The van der Waals surface area contributed by atoms with Crippen LogP contribution < -0.4 is 0 Å². The summed E-state index contributed by atoms with van der Waals surface area (Å²) in [6, 6.07) is 0. The van der Waals surface area contributed by atoms with Crippen molar-refractivity contribution in [2.24, 2.45) is 23.7 Å². The van der Waals surface area contributed by atoms with Crippen LogP contribution in [0.25, 0.3) is 0 Å². The third kappa shape index (κ3) is 1.82. The Morgan fingerprint density at radius 2 is 1.48 bits per heavy atom. The molecular formula is C17H26O4.